The summed E-state index contributed by atoms with van der Waals surface area (Å²) in [6, 6.07) is 13.8. The van der Waals surface area contributed by atoms with E-state index in [9.17, 15) is 9.59 Å². The number of methoxy groups -OCH3 is 1. The molecule has 0 atom stereocenters. The summed E-state index contributed by atoms with van der Waals surface area (Å²) in [5.74, 6) is -0.328. The number of hydrazone groups is 1. The smallest absolute Gasteiger partial charge is 0.249 e. The highest BCUT2D eigenvalue weighted by Gasteiger charge is 2.09. The van der Waals surface area contributed by atoms with Crippen molar-refractivity contribution in [2.45, 2.75) is 6.42 Å². The number of para-hydroxylation sites is 1. The Kier molecular flexibility index (Phi) is 6.33. The molecular formula is C17H16ClN3O3. The zero-order chi connectivity index (χ0) is 17.4. The zero-order valence-electron chi connectivity index (χ0n) is 13.0. The lowest BCUT2D eigenvalue weighted by Crippen LogP contribution is -2.24. The van der Waals surface area contributed by atoms with Crippen LogP contribution in [0.2, 0.25) is 5.02 Å². The van der Waals surface area contributed by atoms with Crippen LogP contribution in [0.5, 0.6) is 5.75 Å². The van der Waals surface area contributed by atoms with Crippen LogP contribution in [0.3, 0.4) is 0 Å². The van der Waals surface area contributed by atoms with E-state index in [2.05, 4.69) is 15.8 Å². The SMILES string of the molecule is COc1ccccc1C=NNC(=O)CC(=O)Nc1ccc(Cl)cc1. The fraction of sp³-hybridized carbons (Fsp3) is 0.118. The predicted octanol–water partition coefficient (Wildman–Crippen LogP) is 2.83. The molecule has 2 N–H and O–H groups in total. The average molecular weight is 346 g/mol. The quantitative estimate of drug-likeness (QED) is 0.480. The number of nitrogens with one attached hydrogen (secondary N) is 2. The first-order valence-corrected chi connectivity index (χ1v) is 7.46. The van der Waals surface area contributed by atoms with Gasteiger partial charge in [0.15, 0.2) is 0 Å². The molecule has 0 spiro atoms. The molecule has 124 valence electrons. The Balaban J connectivity index is 1.83. The summed E-state index contributed by atoms with van der Waals surface area (Å²) in [6.45, 7) is 0. The van der Waals surface area contributed by atoms with Gasteiger partial charge in [0.2, 0.25) is 11.8 Å². The first kappa shape index (κ1) is 17.5. The monoisotopic (exact) mass is 345 g/mol. The molecule has 0 heterocycles. The van der Waals surface area contributed by atoms with Gasteiger partial charge in [-0.3, -0.25) is 9.59 Å². The molecule has 6 nitrogen and oxygen atoms in total. The summed E-state index contributed by atoms with van der Waals surface area (Å²) in [5, 5.41) is 6.98. The van der Waals surface area contributed by atoms with Gasteiger partial charge < -0.3 is 10.1 Å². The number of ether oxygens (including phenoxy) is 1. The highest BCUT2D eigenvalue weighted by molar-refractivity contribution is 6.30. The number of hydrogen-bond donors (Lipinski definition) is 2. The van der Waals surface area contributed by atoms with Gasteiger partial charge in [-0.15, -0.1) is 0 Å². The largest absolute Gasteiger partial charge is 0.496 e. The number of rotatable bonds is 6. The van der Waals surface area contributed by atoms with Crippen molar-refractivity contribution in [2.75, 3.05) is 12.4 Å². The summed E-state index contributed by atoms with van der Waals surface area (Å²) in [4.78, 5) is 23.5. The number of anilines is 1. The Bertz CT molecular complexity index is 745. The van der Waals surface area contributed by atoms with E-state index in [1.54, 1.807) is 43.5 Å². The van der Waals surface area contributed by atoms with Crippen molar-refractivity contribution in [3.63, 3.8) is 0 Å². The molecule has 0 saturated carbocycles. The van der Waals surface area contributed by atoms with Crippen LogP contribution in [0.1, 0.15) is 12.0 Å². The Morgan fingerprint density at radius 2 is 1.83 bits per heavy atom. The van der Waals surface area contributed by atoms with Crippen molar-refractivity contribution >= 4 is 35.3 Å². The molecule has 2 aromatic carbocycles. The predicted molar refractivity (Wildman–Crippen MR) is 93.4 cm³/mol. The Morgan fingerprint density at radius 1 is 1.12 bits per heavy atom. The van der Waals surface area contributed by atoms with E-state index in [1.165, 1.54) is 6.21 Å². The standard InChI is InChI=1S/C17H16ClN3O3/c1-24-15-5-3-2-4-12(15)11-19-21-17(23)10-16(22)20-14-8-6-13(18)7-9-14/h2-9,11H,10H2,1H3,(H,20,22)(H,21,23). The number of hydrogen-bond acceptors (Lipinski definition) is 4. The second-order valence-corrected chi connectivity index (χ2v) is 5.20. The van der Waals surface area contributed by atoms with Crippen molar-refractivity contribution in [3.05, 3.63) is 59.1 Å². The molecule has 24 heavy (non-hydrogen) atoms. The first-order chi connectivity index (χ1) is 11.6. The summed E-state index contributed by atoms with van der Waals surface area (Å²) in [7, 11) is 1.55. The number of amides is 2. The first-order valence-electron chi connectivity index (χ1n) is 7.09. The van der Waals surface area contributed by atoms with Crippen LogP contribution in [-0.4, -0.2) is 25.1 Å². The molecule has 0 fully saturated rings. The molecule has 0 saturated heterocycles. The second-order valence-electron chi connectivity index (χ2n) is 4.77. The maximum Gasteiger partial charge on any atom is 0.249 e. The van der Waals surface area contributed by atoms with Gasteiger partial charge in [-0.25, -0.2) is 5.43 Å². The minimum atomic E-state index is -0.521. The van der Waals surface area contributed by atoms with Gasteiger partial charge in [-0.1, -0.05) is 23.7 Å². The molecular weight excluding hydrogens is 330 g/mol. The Morgan fingerprint density at radius 3 is 2.54 bits per heavy atom. The van der Waals surface area contributed by atoms with Gasteiger partial charge >= 0.3 is 0 Å². The van der Waals surface area contributed by atoms with Crippen molar-refractivity contribution in [2.24, 2.45) is 5.10 Å². The zero-order valence-corrected chi connectivity index (χ0v) is 13.7. The van der Waals surface area contributed by atoms with E-state index in [1.807, 2.05) is 12.1 Å². The maximum absolute atomic E-state index is 11.8. The number of carbonyl (C=O) groups excluding carboxylic acids is 2. The summed E-state index contributed by atoms with van der Waals surface area (Å²) in [6.07, 6.45) is 1.11. The van der Waals surface area contributed by atoms with Crippen LogP contribution in [0.25, 0.3) is 0 Å². The molecule has 0 aliphatic heterocycles. The molecule has 7 heteroatoms. The van der Waals surface area contributed by atoms with Crippen molar-refractivity contribution in [3.8, 4) is 5.75 Å². The molecule has 0 bridgehead atoms. The third-order valence-corrected chi connectivity index (χ3v) is 3.23. The van der Waals surface area contributed by atoms with Crippen LogP contribution >= 0.6 is 11.6 Å². The molecule has 0 aromatic heterocycles. The molecule has 0 aliphatic carbocycles. The summed E-state index contributed by atoms with van der Waals surface area (Å²) in [5.41, 5.74) is 3.58. The van der Waals surface area contributed by atoms with E-state index in [0.29, 0.717) is 22.0 Å². The fourth-order valence-electron chi connectivity index (χ4n) is 1.87. The topological polar surface area (TPSA) is 79.8 Å². The van der Waals surface area contributed by atoms with E-state index < -0.39 is 11.8 Å². The maximum atomic E-state index is 11.8. The number of nitrogens with zero attached hydrogens (tertiary/aromatic N) is 1. The third-order valence-electron chi connectivity index (χ3n) is 2.98. The lowest BCUT2D eigenvalue weighted by atomic mass is 10.2. The number of halogens is 1. The van der Waals surface area contributed by atoms with Gasteiger partial charge in [0.1, 0.15) is 12.2 Å². The van der Waals surface area contributed by atoms with Crippen molar-refractivity contribution in [1.82, 2.24) is 5.43 Å². The normalized spacial score (nSPS) is 10.4. The van der Waals surface area contributed by atoms with Gasteiger partial charge in [0, 0.05) is 16.3 Å². The lowest BCUT2D eigenvalue weighted by Gasteiger charge is -2.05. The van der Waals surface area contributed by atoms with E-state index in [0.717, 1.165) is 0 Å². The minimum absolute atomic E-state index is 0.341. The molecule has 0 aliphatic rings. The number of benzene rings is 2. The van der Waals surface area contributed by atoms with E-state index in [-0.39, 0.29) is 6.42 Å². The van der Waals surface area contributed by atoms with E-state index >= 15 is 0 Å². The fourth-order valence-corrected chi connectivity index (χ4v) is 2.00. The Labute approximate surface area is 144 Å². The number of carbonyl (C=O) groups is 2. The Hall–Kier alpha value is -2.86. The highest BCUT2D eigenvalue weighted by Crippen LogP contribution is 2.15. The minimum Gasteiger partial charge on any atom is -0.496 e. The summed E-state index contributed by atoms with van der Waals surface area (Å²) < 4.78 is 5.16. The molecule has 2 aromatic rings. The van der Waals surface area contributed by atoms with Gasteiger partial charge in [-0.2, -0.15) is 5.10 Å². The van der Waals surface area contributed by atoms with E-state index in [4.69, 9.17) is 16.3 Å². The van der Waals surface area contributed by atoms with Gasteiger partial charge in [0.25, 0.3) is 0 Å². The van der Waals surface area contributed by atoms with Crippen LogP contribution in [0.15, 0.2) is 53.6 Å². The average Bonchev–Trinajstić information content (AvgIpc) is 2.57. The van der Waals surface area contributed by atoms with Crippen LogP contribution in [-0.2, 0) is 9.59 Å². The lowest BCUT2D eigenvalue weighted by molar-refractivity contribution is -0.126. The summed E-state index contributed by atoms with van der Waals surface area (Å²) >= 11 is 5.76. The van der Waals surface area contributed by atoms with Crippen molar-refractivity contribution in [1.29, 1.82) is 0 Å². The van der Waals surface area contributed by atoms with Crippen LogP contribution in [0.4, 0.5) is 5.69 Å². The van der Waals surface area contributed by atoms with Gasteiger partial charge in [-0.05, 0) is 36.4 Å². The molecule has 2 amide bonds. The van der Waals surface area contributed by atoms with Crippen LogP contribution in [0, 0.1) is 0 Å². The second kappa shape index (κ2) is 8.69. The third kappa shape index (κ3) is 5.40. The molecule has 2 rings (SSSR count). The highest BCUT2D eigenvalue weighted by atomic mass is 35.5. The van der Waals surface area contributed by atoms with Gasteiger partial charge in [0.05, 0.1) is 13.3 Å². The molecule has 0 radical (unpaired) electrons. The van der Waals surface area contributed by atoms with Crippen LogP contribution < -0.4 is 15.5 Å². The molecule has 0 unspecified atom stereocenters. The van der Waals surface area contributed by atoms with Crippen molar-refractivity contribution < 1.29 is 14.3 Å².